The smallest absolute Gasteiger partial charge is 0.227 e. The molecule has 0 aliphatic rings. The molecule has 0 aliphatic heterocycles. The zero-order chi connectivity index (χ0) is 10.7. The second kappa shape index (κ2) is 3.65. The van der Waals surface area contributed by atoms with Crippen molar-refractivity contribution in [3.63, 3.8) is 0 Å². The molecule has 4 heteroatoms. The van der Waals surface area contributed by atoms with Crippen LogP contribution in [0.5, 0.6) is 0 Å². The fraction of sp³-hybridized carbons (Fsp3) is 0. The van der Waals surface area contributed by atoms with Crippen LogP contribution in [0.3, 0.4) is 0 Å². The van der Waals surface area contributed by atoms with Gasteiger partial charge in [0.2, 0.25) is 5.89 Å². The van der Waals surface area contributed by atoms with Crippen LogP contribution in [-0.4, -0.2) is 4.98 Å². The average molecular weight is 195 g/mol. The van der Waals surface area contributed by atoms with Crippen molar-refractivity contribution in [1.29, 1.82) is 10.5 Å². The van der Waals surface area contributed by atoms with Gasteiger partial charge in [0.1, 0.15) is 6.26 Å². The normalized spacial score (nSPS) is 9.20. The van der Waals surface area contributed by atoms with Gasteiger partial charge in [0.15, 0.2) is 0 Å². The molecule has 0 aliphatic carbocycles. The third kappa shape index (κ3) is 1.56. The predicted octanol–water partition coefficient (Wildman–Crippen LogP) is 2.08. The van der Waals surface area contributed by atoms with Crippen molar-refractivity contribution in [3.8, 4) is 23.6 Å². The molecule has 0 radical (unpaired) electrons. The SMILES string of the molecule is N#Cc1ccc(C#N)c(-c2ncco2)c1. The van der Waals surface area contributed by atoms with Gasteiger partial charge in [-0.3, -0.25) is 0 Å². The highest BCUT2D eigenvalue weighted by Crippen LogP contribution is 2.22. The minimum absolute atomic E-state index is 0.351. The van der Waals surface area contributed by atoms with Crippen molar-refractivity contribution in [2.24, 2.45) is 0 Å². The summed E-state index contributed by atoms with van der Waals surface area (Å²) in [5.41, 5.74) is 1.46. The lowest BCUT2D eigenvalue weighted by molar-refractivity contribution is 0.574. The Bertz CT molecular complexity index is 559. The molecule has 0 saturated carbocycles. The van der Waals surface area contributed by atoms with Gasteiger partial charge in [-0.25, -0.2) is 4.98 Å². The summed E-state index contributed by atoms with van der Waals surface area (Å²) in [5, 5.41) is 17.6. The average Bonchev–Trinajstić information content (AvgIpc) is 2.81. The Morgan fingerprint density at radius 2 is 2.07 bits per heavy atom. The van der Waals surface area contributed by atoms with Gasteiger partial charge < -0.3 is 4.42 Å². The molecular formula is C11H5N3O. The molecule has 0 unspecified atom stereocenters. The van der Waals surface area contributed by atoms with Gasteiger partial charge >= 0.3 is 0 Å². The van der Waals surface area contributed by atoms with E-state index in [1.54, 1.807) is 18.2 Å². The van der Waals surface area contributed by atoms with E-state index in [0.717, 1.165) is 0 Å². The van der Waals surface area contributed by atoms with Crippen molar-refractivity contribution >= 4 is 0 Å². The molecule has 0 fully saturated rings. The van der Waals surface area contributed by atoms with E-state index in [0.29, 0.717) is 22.6 Å². The summed E-state index contributed by atoms with van der Waals surface area (Å²) < 4.78 is 5.09. The number of nitriles is 2. The molecule has 70 valence electrons. The highest BCUT2D eigenvalue weighted by atomic mass is 16.3. The maximum Gasteiger partial charge on any atom is 0.227 e. The topological polar surface area (TPSA) is 73.6 Å². The number of nitrogens with zero attached hydrogens (tertiary/aromatic N) is 3. The Labute approximate surface area is 86.0 Å². The van der Waals surface area contributed by atoms with E-state index >= 15 is 0 Å². The Hall–Kier alpha value is -2.59. The van der Waals surface area contributed by atoms with Crippen LogP contribution in [0.15, 0.2) is 35.1 Å². The highest BCUT2D eigenvalue weighted by Gasteiger charge is 2.09. The third-order valence-corrected chi connectivity index (χ3v) is 1.93. The van der Waals surface area contributed by atoms with E-state index < -0.39 is 0 Å². The summed E-state index contributed by atoms with van der Waals surface area (Å²) in [5.74, 6) is 0.351. The number of aromatic nitrogens is 1. The summed E-state index contributed by atoms with van der Waals surface area (Å²) in [6, 6.07) is 8.78. The van der Waals surface area contributed by atoms with Crippen LogP contribution < -0.4 is 0 Å². The van der Waals surface area contributed by atoms with E-state index in [-0.39, 0.29) is 0 Å². The number of oxazole rings is 1. The molecule has 0 saturated heterocycles. The van der Waals surface area contributed by atoms with Crippen LogP contribution in [0.25, 0.3) is 11.5 Å². The number of hydrogen-bond acceptors (Lipinski definition) is 4. The molecule has 0 spiro atoms. The fourth-order valence-electron chi connectivity index (χ4n) is 1.24. The van der Waals surface area contributed by atoms with Crippen molar-refractivity contribution in [2.45, 2.75) is 0 Å². The molecule has 2 aromatic rings. The van der Waals surface area contributed by atoms with Crippen molar-refractivity contribution in [1.82, 2.24) is 4.98 Å². The molecule has 4 nitrogen and oxygen atoms in total. The second-order valence-corrected chi connectivity index (χ2v) is 2.82. The lowest BCUT2D eigenvalue weighted by Crippen LogP contribution is -1.86. The van der Waals surface area contributed by atoms with Gasteiger partial charge in [0, 0.05) is 0 Å². The molecule has 0 N–H and O–H groups in total. The summed E-state index contributed by atoms with van der Waals surface area (Å²) >= 11 is 0. The van der Waals surface area contributed by atoms with Crippen LogP contribution in [-0.2, 0) is 0 Å². The van der Waals surface area contributed by atoms with Crippen LogP contribution in [0, 0.1) is 22.7 Å². The first kappa shape index (κ1) is 8.98. The first-order chi connectivity index (χ1) is 7.35. The summed E-state index contributed by atoms with van der Waals surface area (Å²) in [4.78, 5) is 3.94. The first-order valence-electron chi connectivity index (χ1n) is 4.19. The number of rotatable bonds is 1. The molecule has 15 heavy (non-hydrogen) atoms. The largest absolute Gasteiger partial charge is 0.444 e. The van der Waals surface area contributed by atoms with Crippen molar-refractivity contribution in [2.75, 3.05) is 0 Å². The molecule has 0 bridgehead atoms. The number of benzene rings is 1. The van der Waals surface area contributed by atoms with E-state index in [4.69, 9.17) is 14.9 Å². The van der Waals surface area contributed by atoms with Crippen LogP contribution >= 0.6 is 0 Å². The van der Waals surface area contributed by atoms with Crippen molar-refractivity contribution in [3.05, 3.63) is 41.8 Å². The molecule has 1 heterocycles. The number of hydrogen-bond donors (Lipinski definition) is 0. The van der Waals surface area contributed by atoms with Crippen LogP contribution in [0.4, 0.5) is 0 Å². The fourth-order valence-corrected chi connectivity index (χ4v) is 1.24. The van der Waals surface area contributed by atoms with Gasteiger partial charge in [-0.2, -0.15) is 10.5 Å². The van der Waals surface area contributed by atoms with Crippen molar-refractivity contribution < 1.29 is 4.42 Å². The molecule has 2 rings (SSSR count). The van der Waals surface area contributed by atoms with Crippen LogP contribution in [0.2, 0.25) is 0 Å². The zero-order valence-corrected chi connectivity index (χ0v) is 7.64. The maximum atomic E-state index is 8.88. The minimum Gasteiger partial charge on any atom is -0.444 e. The molecule has 0 atom stereocenters. The zero-order valence-electron chi connectivity index (χ0n) is 7.64. The first-order valence-corrected chi connectivity index (χ1v) is 4.19. The quantitative estimate of drug-likeness (QED) is 0.698. The van der Waals surface area contributed by atoms with E-state index in [1.165, 1.54) is 12.5 Å². The van der Waals surface area contributed by atoms with Gasteiger partial charge in [-0.05, 0) is 18.2 Å². The molecule has 0 amide bonds. The summed E-state index contributed by atoms with van der Waals surface area (Å²) in [7, 11) is 0. The monoisotopic (exact) mass is 195 g/mol. The maximum absolute atomic E-state index is 8.88. The summed E-state index contributed by atoms with van der Waals surface area (Å²) in [6.45, 7) is 0. The molecule has 1 aromatic carbocycles. The lowest BCUT2D eigenvalue weighted by atomic mass is 10.1. The molecular weight excluding hydrogens is 190 g/mol. The van der Waals surface area contributed by atoms with E-state index in [1.807, 2.05) is 12.1 Å². The highest BCUT2D eigenvalue weighted by molar-refractivity contribution is 5.65. The summed E-state index contributed by atoms with van der Waals surface area (Å²) in [6.07, 6.45) is 2.92. The minimum atomic E-state index is 0.351. The predicted molar refractivity (Wildman–Crippen MR) is 51.4 cm³/mol. The van der Waals surface area contributed by atoms with Gasteiger partial charge in [0.05, 0.1) is 35.0 Å². The molecule has 1 aromatic heterocycles. The Morgan fingerprint density at radius 1 is 1.20 bits per heavy atom. The Morgan fingerprint density at radius 3 is 2.67 bits per heavy atom. The second-order valence-electron chi connectivity index (χ2n) is 2.82. The van der Waals surface area contributed by atoms with Gasteiger partial charge in [-0.1, -0.05) is 0 Å². The Balaban J connectivity index is 2.65. The Kier molecular flexibility index (Phi) is 2.19. The van der Waals surface area contributed by atoms with E-state index in [9.17, 15) is 0 Å². The lowest BCUT2D eigenvalue weighted by Gasteiger charge is -1.98. The van der Waals surface area contributed by atoms with Crippen LogP contribution in [0.1, 0.15) is 11.1 Å². The standard InChI is InChI=1S/C11H5N3O/c12-6-8-1-2-9(7-13)10(5-8)11-14-3-4-15-11/h1-5H. The third-order valence-electron chi connectivity index (χ3n) is 1.93. The van der Waals surface area contributed by atoms with Gasteiger partial charge in [0.25, 0.3) is 0 Å². The van der Waals surface area contributed by atoms with Gasteiger partial charge in [-0.15, -0.1) is 0 Å². The van der Waals surface area contributed by atoms with E-state index in [2.05, 4.69) is 4.98 Å².